The molecule has 1 unspecified atom stereocenters. The highest BCUT2D eigenvalue weighted by Gasteiger charge is 2.64. The third kappa shape index (κ3) is 3.08. The molecule has 5 heteroatoms. The first-order valence-electron chi connectivity index (χ1n) is 12.1. The summed E-state index contributed by atoms with van der Waals surface area (Å²) in [5.41, 5.74) is 0.575. The van der Waals surface area contributed by atoms with Crippen molar-refractivity contribution < 1.29 is 9.90 Å². The van der Waals surface area contributed by atoms with E-state index in [2.05, 4.69) is 29.4 Å². The lowest BCUT2D eigenvalue weighted by Gasteiger charge is -2.61. The lowest BCUT2D eigenvalue weighted by atomic mass is 9.45. The number of aromatic amines is 1. The predicted molar refractivity (Wildman–Crippen MR) is 129 cm³/mol. The van der Waals surface area contributed by atoms with Crippen LogP contribution < -0.4 is 5.32 Å². The molecule has 1 amide bonds. The van der Waals surface area contributed by atoms with Crippen molar-refractivity contribution in [1.29, 1.82) is 0 Å². The second-order valence-electron chi connectivity index (χ2n) is 10.7. The van der Waals surface area contributed by atoms with E-state index in [0.29, 0.717) is 24.3 Å². The molecule has 0 saturated heterocycles. The summed E-state index contributed by atoms with van der Waals surface area (Å²) in [5.74, 6) is 1.83. The molecule has 2 aromatic heterocycles. The van der Waals surface area contributed by atoms with E-state index in [1.54, 1.807) is 11.3 Å². The van der Waals surface area contributed by atoms with Crippen LogP contribution in [-0.4, -0.2) is 22.5 Å². The van der Waals surface area contributed by atoms with Gasteiger partial charge in [-0.2, -0.15) is 0 Å². The van der Waals surface area contributed by atoms with E-state index >= 15 is 0 Å². The molecular weight excluding hydrogens is 416 g/mol. The monoisotopic (exact) mass is 448 g/mol. The Morgan fingerprint density at radius 2 is 1.81 bits per heavy atom. The molecule has 4 bridgehead atoms. The van der Waals surface area contributed by atoms with Gasteiger partial charge in [-0.15, -0.1) is 11.3 Å². The highest BCUT2D eigenvalue weighted by atomic mass is 32.1. The van der Waals surface area contributed by atoms with Crippen LogP contribution in [0.25, 0.3) is 10.9 Å². The number of aliphatic hydroxyl groups is 1. The third-order valence-corrected chi connectivity index (χ3v) is 9.70. The molecule has 2 heterocycles. The first kappa shape index (κ1) is 20.5. The predicted octanol–water partition coefficient (Wildman–Crippen LogP) is 5.30. The van der Waals surface area contributed by atoms with Crippen LogP contribution >= 0.6 is 11.3 Å². The molecule has 168 valence electrons. The van der Waals surface area contributed by atoms with Crippen molar-refractivity contribution >= 4 is 28.1 Å². The molecule has 4 aliphatic rings. The number of fused-ring (bicyclic) bond motifs is 1. The normalized spacial score (nSPS) is 30.5. The molecule has 0 aliphatic heterocycles. The van der Waals surface area contributed by atoms with E-state index in [4.69, 9.17) is 0 Å². The molecule has 0 radical (unpaired) electrons. The number of hydrogen-bond acceptors (Lipinski definition) is 3. The lowest BCUT2D eigenvalue weighted by molar-refractivity contribution is -0.193. The Morgan fingerprint density at radius 3 is 2.47 bits per heavy atom. The zero-order chi connectivity index (χ0) is 21.9. The van der Waals surface area contributed by atoms with Crippen molar-refractivity contribution in [3.05, 3.63) is 57.9 Å². The summed E-state index contributed by atoms with van der Waals surface area (Å²) < 4.78 is 0. The Balaban J connectivity index is 1.27. The van der Waals surface area contributed by atoms with Gasteiger partial charge in [-0.25, -0.2) is 0 Å². The number of amides is 1. The van der Waals surface area contributed by atoms with Crippen molar-refractivity contribution in [3.63, 3.8) is 0 Å². The van der Waals surface area contributed by atoms with Gasteiger partial charge in [0, 0.05) is 38.8 Å². The first-order valence-corrected chi connectivity index (χ1v) is 12.9. The minimum atomic E-state index is -1.43. The Kier molecular flexibility index (Phi) is 4.78. The number of carbonyl (C=O) groups is 1. The van der Waals surface area contributed by atoms with Crippen LogP contribution in [0.1, 0.15) is 53.8 Å². The van der Waals surface area contributed by atoms with Gasteiger partial charge in [-0.1, -0.05) is 18.2 Å². The van der Waals surface area contributed by atoms with Gasteiger partial charge in [-0.3, -0.25) is 4.79 Å². The number of carbonyl (C=O) groups excluding carboxylic acids is 1. The lowest BCUT2D eigenvalue weighted by Crippen LogP contribution is -2.62. The molecule has 7 rings (SSSR count). The van der Waals surface area contributed by atoms with E-state index in [1.165, 1.54) is 30.2 Å². The van der Waals surface area contributed by atoms with Crippen LogP contribution in [0.4, 0.5) is 0 Å². The third-order valence-electron chi connectivity index (χ3n) is 8.59. The van der Waals surface area contributed by atoms with Crippen molar-refractivity contribution in [2.24, 2.45) is 23.2 Å². The molecule has 0 spiro atoms. The minimum Gasteiger partial charge on any atom is -0.374 e. The van der Waals surface area contributed by atoms with Gasteiger partial charge >= 0.3 is 0 Å². The minimum absolute atomic E-state index is 0.193. The number of H-pyrrole nitrogens is 1. The van der Waals surface area contributed by atoms with Gasteiger partial charge in [0.1, 0.15) is 0 Å². The molecular formula is C27H32N2O2S. The topological polar surface area (TPSA) is 65.1 Å². The molecule has 32 heavy (non-hydrogen) atoms. The zero-order valence-corrected chi connectivity index (χ0v) is 19.5. The number of thiophene rings is 1. The van der Waals surface area contributed by atoms with E-state index in [1.807, 2.05) is 30.5 Å². The molecule has 3 aromatic rings. The average Bonchev–Trinajstić information content (AvgIpc) is 3.39. The fourth-order valence-corrected chi connectivity index (χ4v) is 8.65. The zero-order valence-electron chi connectivity index (χ0n) is 18.7. The molecule has 1 atom stereocenters. The number of para-hydroxylation sites is 1. The van der Waals surface area contributed by atoms with Gasteiger partial charge in [-0.05, 0) is 93.4 Å². The number of hydrogen-bond donors (Lipinski definition) is 3. The van der Waals surface area contributed by atoms with Crippen molar-refractivity contribution in [2.75, 3.05) is 6.54 Å². The van der Waals surface area contributed by atoms with E-state index in [9.17, 15) is 9.90 Å². The van der Waals surface area contributed by atoms with Gasteiger partial charge in [0.05, 0.1) is 0 Å². The quantitative estimate of drug-likeness (QED) is 0.479. The fraction of sp³-hybridized carbons (Fsp3) is 0.519. The number of benzene rings is 1. The number of nitrogens with one attached hydrogen (secondary N) is 2. The maximum atomic E-state index is 13.8. The Bertz CT molecular complexity index is 1130. The molecule has 1 aromatic carbocycles. The van der Waals surface area contributed by atoms with Gasteiger partial charge in [0.15, 0.2) is 5.60 Å². The highest BCUT2D eigenvalue weighted by molar-refractivity contribution is 7.12. The Hall–Kier alpha value is -2.11. The summed E-state index contributed by atoms with van der Waals surface area (Å²) in [7, 11) is 0. The van der Waals surface area contributed by atoms with Crippen LogP contribution in [0.15, 0.2) is 42.6 Å². The van der Waals surface area contributed by atoms with E-state index in [0.717, 1.165) is 41.0 Å². The fourth-order valence-electron chi connectivity index (χ4n) is 7.57. The van der Waals surface area contributed by atoms with Gasteiger partial charge < -0.3 is 15.4 Å². The second kappa shape index (κ2) is 7.46. The molecule has 4 aliphatic carbocycles. The Morgan fingerprint density at radius 1 is 1.12 bits per heavy atom. The van der Waals surface area contributed by atoms with Crippen LogP contribution in [0.2, 0.25) is 0 Å². The van der Waals surface area contributed by atoms with Gasteiger partial charge in [0.2, 0.25) is 0 Å². The summed E-state index contributed by atoms with van der Waals surface area (Å²) in [5, 5.41) is 16.7. The Labute approximate surface area is 193 Å². The van der Waals surface area contributed by atoms with Crippen molar-refractivity contribution in [3.8, 4) is 0 Å². The maximum absolute atomic E-state index is 13.8. The van der Waals surface area contributed by atoms with Gasteiger partial charge in [0.25, 0.3) is 5.91 Å². The van der Waals surface area contributed by atoms with Crippen LogP contribution in [0.3, 0.4) is 0 Å². The van der Waals surface area contributed by atoms with E-state index < -0.39 is 5.60 Å². The number of aryl methyl sites for hydroxylation is 1. The SMILES string of the molecule is Cc1ccc(C(O)(C(=O)NCCc2c[nH]c3ccccc23)C23CC4CC(CC(C4)C2)C3)s1. The number of aromatic nitrogens is 1. The smallest absolute Gasteiger partial charge is 0.258 e. The summed E-state index contributed by atoms with van der Waals surface area (Å²) in [6.07, 6.45) is 9.62. The summed E-state index contributed by atoms with van der Waals surface area (Å²) in [6, 6.07) is 12.3. The summed E-state index contributed by atoms with van der Waals surface area (Å²) in [4.78, 5) is 19.1. The molecule has 4 saturated carbocycles. The summed E-state index contributed by atoms with van der Waals surface area (Å²) >= 11 is 1.59. The standard InChI is InChI=1S/C27H32N2O2S/c1-17-6-7-24(32-17)27(31,26-13-18-10-19(14-26)12-20(11-18)15-26)25(30)28-9-8-21-16-29-23-5-3-2-4-22(21)23/h2-7,16,18-20,29,31H,8-15H2,1H3,(H,28,30). The highest BCUT2D eigenvalue weighted by Crippen LogP contribution is 2.66. The van der Waals surface area contributed by atoms with E-state index in [-0.39, 0.29) is 11.3 Å². The van der Waals surface area contributed by atoms with Crippen LogP contribution in [0, 0.1) is 30.1 Å². The molecule has 4 nitrogen and oxygen atoms in total. The van der Waals surface area contributed by atoms with Crippen molar-refractivity contribution in [2.45, 2.75) is 57.5 Å². The largest absolute Gasteiger partial charge is 0.374 e. The molecule has 3 N–H and O–H groups in total. The maximum Gasteiger partial charge on any atom is 0.258 e. The summed E-state index contributed by atoms with van der Waals surface area (Å²) in [6.45, 7) is 2.59. The molecule has 4 fully saturated rings. The average molecular weight is 449 g/mol. The van der Waals surface area contributed by atoms with Crippen LogP contribution in [-0.2, 0) is 16.8 Å². The van der Waals surface area contributed by atoms with Crippen LogP contribution in [0.5, 0.6) is 0 Å². The second-order valence-corrected chi connectivity index (χ2v) is 12.0. The van der Waals surface area contributed by atoms with Crippen molar-refractivity contribution in [1.82, 2.24) is 10.3 Å². The number of rotatable bonds is 6. The first-order chi connectivity index (χ1) is 15.5.